The minimum Gasteiger partial charge on any atom is -0.550 e. The topological polar surface area (TPSA) is 56.7 Å². The molecule has 0 aliphatic carbocycles. The second-order valence-electron chi connectivity index (χ2n) is 3.89. The van der Waals surface area contributed by atoms with Gasteiger partial charge < -0.3 is 15.2 Å². The number of carbonyl (C=O) groups excluding carboxylic acids is 1. The summed E-state index contributed by atoms with van der Waals surface area (Å²) in [5.41, 5.74) is 1.21. The van der Waals surface area contributed by atoms with Crippen LogP contribution in [0.1, 0.15) is 25.5 Å². The van der Waals surface area contributed by atoms with Crippen molar-refractivity contribution >= 4 is 5.97 Å². The second kappa shape index (κ2) is 5.51. The van der Waals surface area contributed by atoms with Crippen molar-refractivity contribution in [2.75, 3.05) is 6.54 Å². The number of carbonyl (C=O) groups is 1. The maximum atomic E-state index is 10.5. The summed E-state index contributed by atoms with van der Waals surface area (Å²) in [5, 5.41) is 12.5. The smallest absolute Gasteiger partial charge is 0.109 e. The molecule has 0 aliphatic heterocycles. The number of rotatable bonds is 5. The van der Waals surface area contributed by atoms with Crippen molar-refractivity contribution < 1.29 is 15.2 Å². The van der Waals surface area contributed by atoms with E-state index in [2.05, 4.69) is 6.92 Å². The van der Waals surface area contributed by atoms with E-state index in [4.69, 9.17) is 0 Å². The zero-order valence-corrected chi connectivity index (χ0v) is 9.14. The number of carboxylic acid groups (broad SMARTS) is 1. The van der Waals surface area contributed by atoms with Gasteiger partial charge in [-0.15, -0.1) is 0 Å². The van der Waals surface area contributed by atoms with Crippen LogP contribution in [0.4, 0.5) is 0 Å². The summed E-state index contributed by atoms with van der Waals surface area (Å²) in [4.78, 5) is 10.5. The van der Waals surface area contributed by atoms with E-state index in [0.29, 0.717) is 6.54 Å². The van der Waals surface area contributed by atoms with Crippen molar-refractivity contribution in [1.29, 1.82) is 0 Å². The first kappa shape index (κ1) is 11.7. The van der Waals surface area contributed by atoms with Crippen molar-refractivity contribution in [1.82, 2.24) is 0 Å². The number of benzene rings is 1. The average Bonchev–Trinajstić information content (AvgIpc) is 2.26. The highest BCUT2D eigenvalue weighted by atomic mass is 16.4. The molecule has 0 radical (unpaired) electrons. The van der Waals surface area contributed by atoms with Gasteiger partial charge in [0, 0.05) is 17.5 Å². The van der Waals surface area contributed by atoms with Crippen molar-refractivity contribution in [3.63, 3.8) is 0 Å². The molecule has 15 heavy (non-hydrogen) atoms. The first-order valence-electron chi connectivity index (χ1n) is 5.20. The number of aliphatic carboxylic acids is 1. The molecule has 0 aliphatic rings. The van der Waals surface area contributed by atoms with E-state index in [1.54, 1.807) is 6.92 Å². The van der Waals surface area contributed by atoms with Crippen molar-refractivity contribution in [3.05, 3.63) is 35.9 Å². The number of hydrogen-bond donors (Lipinski definition) is 1. The van der Waals surface area contributed by atoms with Crippen LogP contribution in [0, 0.1) is 5.92 Å². The number of hydrogen-bond acceptors (Lipinski definition) is 2. The van der Waals surface area contributed by atoms with E-state index in [-0.39, 0.29) is 6.04 Å². The van der Waals surface area contributed by atoms with E-state index in [9.17, 15) is 9.90 Å². The fraction of sp³-hybridized carbons (Fsp3) is 0.417. The third kappa shape index (κ3) is 3.72. The highest BCUT2D eigenvalue weighted by Crippen LogP contribution is 2.06. The van der Waals surface area contributed by atoms with Crippen molar-refractivity contribution in [2.45, 2.75) is 19.9 Å². The van der Waals surface area contributed by atoms with Gasteiger partial charge in [-0.3, -0.25) is 0 Å². The van der Waals surface area contributed by atoms with E-state index < -0.39 is 11.9 Å². The van der Waals surface area contributed by atoms with Crippen LogP contribution in [0.2, 0.25) is 0 Å². The van der Waals surface area contributed by atoms with Crippen LogP contribution in [0.15, 0.2) is 30.3 Å². The average molecular weight is 207 g/mol. The Kier molecular flexibility index (Phi) is 4.31. The lowest BCUT2D eigenvalue weighted by molar-refractivity contribution is -0.696. The standard InChI is InChI=1S/C12H17NO2/c1-9(12(14)15)8-13-10(2)11-6-4-3-5-7-11/h3-7,9-10,13H,8H2,1-2H3,(H,14,15)/t9-,10+/m1/s1. The first-order chi connectivity index (χ1) is 7.11. The lowest BCUT2D eigenvalue weighted by Gasteiger charge is -2.15. The maximum Gasteiger partial charge on any atom is 0.109 e. The molecule has 1 aromatic carbocycles. The number of nitrogens with two attached hydrogens (primary N) is 1. The Bertz CT molecular complexity index is 311. The van der Waals surface area contributed by atoms with Gasteiger partial charge in [-0.1, -0.05) is 37.3 Å². The largest absolute Gasteiger partial charge is 0.550 e. The molecule has 3 nitrogen and oxygen atoms in total. The van der Waals surface area contributed by atoms with E-state index in [1.807, 2.05) is 35.6 Å². The minimum absolute atomic E-state index is 0.285. The van der Waals surface area contributed by atoms with Crippen LogP contribution >= 0.6 is 0 Å². The molecule has 0 saturated heterocycles. The van der Waals surface area contributed by atoms with Gasteiger partial charge in [-0.2, -0.15) is 0 Å². The van der Waals surface area contributed by atoms with Crippen molar-refractivity contribution in [2.24, 2.45) is 5.92 Å². The molecule has 0 spiro atoms. The zero-order valence-electron chi connectivity index (χ0n) is 9.14. The van der Waals surface area contributed by atoms with Gasteiger partial charge in [0.2, 0.25) is 0 Å². The predicted molar refractivity (Wildman–Crippen MR) is 55.8 cm³/mol. The van der Waals surface area contributed by atoms with Crippen LogP contribution in [0.5, 0.6) is 0 Å². The van der Waals surface area contributed by atoms with Gasteiger partial charge in [-0.25, -0.2) is 0 Å². The Balaban J connectivity index is 2.43. The van der Waals surface area contributed by atoms with E-state index >= 15 is 0 Å². The Labute approximate surface area is 90.1 Å². The molecule has 0 aromatic heterocycles. The molecular weight excluding hydrogens is 190 g/mol. The molecule has 1 rings (SSSR count). The zero-order chi connectivity index (χ0) is 11.3. The maximum absolute atomic E-state index is 10.5. The number of quaternary nitrogens is 1. The summed E-state index contributed by atoms with van der Waals surface area (Å²) >= 11 is 0. The summed E-state index contributed by atoms with van der Waals surface area (Å²) in [7, 11) is 0. The predicted octanol–water partition coefficient (Wildman–Crippen LogP) is -0.303. The second-order valence-corrected chi connectivity index (χ2v) is 3.89. The Hall–Kier alpha value is -1.35. The fourth-order valence-corrected chi connectivity index (χ4v) is 1.40. The highest BCUT2D eigenvalue weighted by molar-refractivity contribution is 5.67. The SMILES string of the molecule is C[C@H](C[NH2+][C@@H](C)c1ccccc1)C(=O)[O-]. The molecule has 0 unspecified atom stereocenters. The lowest BCUT2D eigenvalue weighted by atomic mass is 10.1. The van der Waals surface area contributed by atoms with Crippen LogP contribution in [-0.4, -0.2) is 12.5 Å². The van der Waals surface area contributed by atoms with Gasteiger partial charge in [0.05, 0.1) is 6.54 Å². The molecule has 0 fully saturated rings. The third-order valence-electron chi connectivity index (χ3n) is 2.57. The third-order valence-corrected chi connectivity index (χ3v) is 2.57. The molecule has 3 heteroatoms. The summed E-state index contributed by atoms with van der Waals surface area (Å²) in [5.74, 6) is -1.39. The quantitative estimate of drug-likeness (QED) is 0.720. The number of carboxylic acids is 1. The molecule has 2 N–H and O–H groups in total. The molecular formula is C12H17NO2. The monoisotopic (exact) mass is 207 g/mol. The van der Waals surface area contributed by atoms with Crippen LogP contribution in [-0.2, 0) is 4.79 Å². The normalized spacial score (nSPS) is 14.5. The van der Waals surface area contributed by atoms with Crippen LogP contribution in [0.25, 0.3) is 0 Å². The molecule has 82 valence electrons. The molecule has 0 heterocycles. The van der Waals surface area contributed by atoms with Gasteiger partial charge >= 0.3 is 0 Å². The van der Waals surface area contributed by atoms with Gasteiger partial charge in [0.25, 0.3) is 0 Å². The van der Waals surface area contributed by atoms with Crippen molar-refractivity contribution in [3.8, 4) is 0 Å². The fourth-order valence-electron chi connectivity index (χ4n) is 1.40. The van der Waals surface area contributed by atoms with E-state index in [1.165, 1.54) is 5.56 Å². The highest BCUT2D eigenvalue weighted by Gasteiger charge is 2.10. The summed E-state index contributed by atoms with van der Waals surface area (Å²) in [6, 6.07) is 10.3. The molecule has 0 bridgehead atoms. The minimum atomic E-state index is -0.980. The van der Waals surface area contributed by atoms with Gasteiger partial charge in [0.1, 0.15) is 6.04 Å². The summed E-state index contributed by atoms with van der Waals surface area (Å²) in [6.45, 7) is 4.29. The van der Waals surface area contributed by atoms with Gasteiger partial charge in [-0.05, 0) is 6.92 Å². The Morgan fingerprint density at radius 1 is 1.33 bits per heavy atom. The van der Waals surface area contributed by atoms with Crippen LogP contribution < -0.4 is 10.4 Å². The molecule has 1 aromatic rings. The lowest BCUT2D eigenvalue weighted by Crippen LogP contribution is -2.86. The van der Waals surface area contributed by atoms with Crippen LogP contribution in [0.3, 0.4) is 0 Å². The molecule has 0 saturated carbocycles. The van der Waals surface area contributed by atoms with E-state index in [0.717, 1.165) is 0 Å². The summed E-state index contributed by atoms with van der Waals surface area (Å²) in [6.07, 6.45) is 0. The Morgan fingerprint density at radius 3 is 2.47 bits per heavy atom. The molecule has 2 atom stereocenters. The Morgan fingerprint density at radius 2 is 1.93 bits per heavy atom. The summed E-state index contributed by atoms with van der Waals surface area (Å²) < 4.78 is 0. The van der Waals surface area contributed by atoms with Gasteiger partial charge in [0.15, 0.2) is 0 Å². The first-order valence-corrected chi connectivity index (χ1v) is 5.20. The molecule has 0 amide bonds.